The summed E-state index contributed by atoms with van der Waals surface area (Å²) in [5.41, 5.74) is 6.02. The van der Waals surface area contributed by atoms with Crippen LogP contribution in [0.25, 0.3) is 0 Å². The standard InChI is InChI=1S/C11H14N2O5/c1-17-9-4-7(3-8(6-9)13(15)16)5-10(12)11(14)18-2/h3-4,6,10H,5,12H2,1-2H3. The lowest BCUT2D eigenvalue weighted by atomic mass is 10.1. The molecular formula is C11H14N2O5. The summed E-state index contributed by atoms with van der Waals surface area (Å²) >= 11 is 0. The highest BCUT2D eigenvalue weighted by Crippen LogP contribution is 2.23. The largest absolute Gasteiger partial charge is 0.496 e. The second-order valence-electron chi connectivity index (χ2n) is 3.63. The fourth-order valence-electron chi connectivity index (χ4n) is 1.47. The molecule has 1 atom stereocenters. The molecule has 18 heavy (non-hydrogen) atoms. The highest BCUT2D eigenvalue weighted by atomic mass is 16.6. The van der Waals surface area contributed by atoms with Crippen molar-refractivity contribution in [2.75, 3.05) is 14.2 Å². The van der Waals surface area contributed by atoms with Crippen LogP contribution in [0.15, 0.2) is 18.2 Å². The Labute approximate surface area is 104 Å². The number of hydrogen-bond acceptors (Lipinski definition) is 6. The van der Waals surface area contributed by atoms with E-state index in [-0.39, 0.29) is 12.1 Å². The maximum atomic E-state index is 11.2. The van der Waals surface area contributed by atoms with Crippen LogP contribution in [0.3, 0.4) is 0 Å². The molecule has 0 bridgehead atoms. The van der Waals surface area contributed by atoms with E-state index in [2.05, 4.69) is 4.74 Å². The van der Waals surface area contributed by atoms with Gasteiger partial charge in [-0.25, -0.2) is 0 Å². The van der Waals surface area contributed by atoms with E-state index in [4.69, 9.17) is 10.5 Å². The maximum absolute atomic E-state index is 11.2. The third-order valence-electron chi connectivity index (χ3n) is 2.36. The molecule has 0 saturated heterocycles. The summed E-state index contributed by atoms with van der Waals surface area (Å²) in [6.07, 6.45) is 0.144. The van der Waals surface area contributed by atoms with E-state index in [0.717, 1.165) is 0 Å². The first-order valence-corrected chi connectivity index (χ1v) is 5.13. The molecule has 0 saturated carbocycles. The summed E-state index contributed by atoms with van der Waals surface area (Å²) < 4.78 is 9.44. The molecule has 0 aliphatic heterocycles. The molecule has 0 spiro atoms. The number of ether oxygens (including phenoxy) is 2. The van der Waals surface area contributed by atoms with Gasteiger partial charge in [-0.3, -0.25) is 14.9 Å². The van der Waals surface area contributed by atoms with Crippen molar-refractivity contribution in [3.8, 4) is 5.75 Å². The molecule has 1 aromatic rings. The number of benzene rings is 1. The molecule has 0 fully saturated rings. The Morgan fingerprint density at radius 3 is 2.61 bits per heavy atom. The number of methoxy groups -OCH3 is 2. The van der Waals surface area contributed by atoms with Crippen LogP contribution in [0.1, 0.15) is 5.56 Å². The minimum Gasteiger partial charge on any atom is -0.496 e. The summed E-state index contributed by atoms with van der Waals surface area (Å²) in [4.78, 5) is 21.4. The number of nitrogens with two attached hydrogens (primary N) is 1. The van der Waals surface area contributed by atoms with Crippen LogP contribution >= 0.6 is 0 Å². The first-order valence-electron chi connectivity index (χ1n) is 5.13. The summed E-state index contributed by atoms with van der Waals surface area (Å²) in [5, 5.41) is 10.7. The van der Waals surface area contributed by atoms with Gasteiger partial charge in [0.05, 0.1) is 25.2 Å². The topological polar surface area (TPSA) is 105 Å². The van der Waals surface area contributed by atoms with Gasteiger partial charge in [0.15, 0.2) is 0 Å². The fourth-order valence-corrected chi connectivity index (χ4v) is 1.47. The molecule has 0 amide bonds. The van der Waals surface area contributed by atoms with Crippen molar-refractivity contribution >= 4 is 11.7 Å². The minimum absolute atomic E-state index is 0.110. The number of nitro benzene ring substituents is 1. The highest BCUT2D eigenvalue weighted by molar-refractivity contribution is 5.75. The average Bonchev–Trinajstić information content (AvgIpc) is 2.36. The number of esters is 1. The monoisotopic (exact) mass is 254 g/mol. The molecule has 7 nitrogen and oxygen atoms in total. The summed E-state index contributed by atoms with van der Waals surface area (Å²) in [7, 11) is 2.64. The number of nitro groups is 1. The van der Waals surface area contributed by atoms with Gasteiger partial charge in [0, 0.05) is 6.07 Å². The zero-order valence-corrected chi connectivity index (χ0v) is 10.1. The molecule has 98 valence electrons. The van der Waals surface area contributed by atoms with Crippen LogP contribution in [0.5, 0.6) is 5.75 Å². The quantitative estimate of drug-likeness (QED) is 0.470. The molecule has 2 N–H and O–H groups in total. The van der Waals surface area contributed by atoms with E-state index < -0.39 is 16.9 Å². The van der Waals surface area contributed by atoms with Gasteiger partial charge in [0.1, 0.15) is 11.8 Å². The molecule has 0 aliphatic carbocycles. The first kappa shape index (κ1) is 13.9. The molecule has 0 aromatic heterocycles. The van der Waals surface area contributed by atoms with Gasteiger partial charge in [-0.1, -0.05) is 0 Å². The zero-order chi connectivity index (χ0) is 13.7. The average molecular weight is 254 g/mol. The zero-order valence-electron chi connectivity index (χ0n) is 10.1. The van der Waals surface area contributed by atoms with Crippen molar-refractivity contribution in [1.82, 2.24) is 0 Å². The Kier molecular flexibility index (Phi) is 4.61. The Morgan fingerprint density at radius 1 is 1.44 bits per heavy atom. The van der Waals surface area contributed by atoms with Gasteiger partial charge in [-0.15, -0.1) is 0 Å². The predicted molar refractivity (Wildman–Crippen MR) is 63.3 cm³/mol. The van der Waals surface area contributed by atoms with Gasteiger partial charge >= 0.3 is 5.97 Å². The minimum atomic E-state index is -0.860. The predicted octanol–water partition coefficient (Wildman–Crippen LogP) is 0.646. The lowest BCUT2D eigenvalue weighted by Gasteiger charge is -2.10. The van der Waals surface area contributed by atoms with E-state index in [0.29, 0.717) is 11.3 Å². The van der Waals surface area contributed by atoms with Gasteiger partial charge in [-0.05, 0) is 18.1 Å². The molecule has 7 heteroatoms. The van der Waals surface area contributed by atoms with Crippen LogP contribution in [-0.4, -0.2) is 31.2 Å². The third-order valence-corrected chi connectivity index (χ3v) is 2.36. The van der Waals surface area contributed by atoms with Gasteiger partial charge in [-0.2, -0.15) is 0 Å². The van der Waals surface area contributed by atoms with Crippen LogP contribution in [0, 0.1) is 10.1 Å². The highest BCUT2D eigenvalue weighted by Gasteiger charge is 2.17. The van der Waals surface area contributed by atoms with Gasteiger partial charge in [0.25, 0.3) is 5.69 Å². The molecule has 1 aromatic carbocycles. The Hall–Kier alpha value is -2.15. The Balaban J connectivity index is 2.98. The number of nitrogens with zero attached hydrogens (tertiary/aromatic N) is 1. The van der Waals surface area contributed by atoms with E-state index in [1.165, 1.54) is 26.4 Å². The van der Waals surface area contributed by atoms with Crippen molar-refractivity contribution < 1.29 is 19.2 Å². The number of hydrogen-bond donors (Lipinski definition) is 1. The normalized spacial score (nSPS) is 11.7. The molecule has 0 heterocycles. The molecule has 0 radical (unpaired) electrons. The Morgan fingerprint density at radius 2 is 2.11 bits per heavy atom. The first-order chi connectivity index (χ1) is 8.47. The molecule has 0 aliphatic rings. The lowest BCUT2D eigenvalue weighted by Crippen LogP contribution is -2.33. The van der Waals surface area contributed by atoms with E-state index in [9.17, 15) is 14.9 Å². The van der Waals surface area contributed by atoms with Gasteiger partial charge in [0.2, 0.25) is 0 Å². The smallest absolute Gasteiger partial charge is 0.322 e. The van der Waals surface area contributed by atoms with E-state index in [1.54, 1.807) is 6.07 Å². The van der Waals surface area contributed by atoms with Crippen molar-refractivity contribution in [2.45, 2.75) is 12.5 Å². The van der Waals surface area contributed by atoms with Crippen molar-refractivity contribution in [1.29, 1.82) is 0 Å². The fraction of sp³-hybridized carbons (Fsp3) is 0.364. The number of rotatable bonds is 5. The molecule has 1 rings (SSSR count). The van der Waals surface area contributed by atoms with Crippen molar-refractivity contribution in [2.24, 2.45) is 5.73 Å². The van der Waals surface area contributed by atoms with Gasteiger partial charge < -0.3 is 15.2 Å². The second-order valence-corrected chi connectivity index (χ2v) is 3.63. The van der Waals surface area contributed by atoms with Crippen LogP contribution in [0.4, 0.5) is 5.69 Å². The van der Waals surface area contributed by atoms with Crippen LogP contribution < -0.4 is 10.5 Å². The summed E-state index contributed by atoms with van der Waals surface area (Å²) in [6, 6.07) is 3.38. The van der Waals surface area contributed by atoms with Crippen molar-refractivity contribution in [3.63, 3.8) is 0 Å². The number of carbonyl (C=O) groups is 1. The number of carbonyl (C=O) groups excluding carboxylic acids is 1. The molecule has 1 unspecified atom stereocenters. The third kappa shape index (κ3) is 3.42. The Bertz CT molecular complexity index is 461. The molecular weight excluding hydrogens is 240 g/mol. The van der Waals surface area contributed by atoms with E-state index in [1.807, 2.05) is 0 Å². The SMILES string of the molecule is COC(=O)C(N)Cc1cc(OC)cc([N+](=O)[O-])c1. The maximum Gasteiger partial charge on any atom is 0.322 e. The van der Waals surface area contributed by atoms with E-state index >= 15 is 0 Å². The summed E-state index contributed by atoms with van der Waals surface area (Å²) in [5.74, 6) is -0.225. The van der Waals surface area contributed by atoms with Crippen molar-refractivity contribution in [3.05, 3.63) is 33.9 Å². The van der Waals surface area contributed by atoms with Crippen LogP contribution in [-0.2, 0) is 16.0 Å². The second kappa shape index (κ2) is 5.97. The number of non-ortho nitro benzene ring substituents is 1. The lowest BCUT2D eigenvalue weighted by molar-refractivity contribution is -0.385. The summed E-state index contributed by atoms with van der Waals surface area (Å²) in [6.45, 7) is 0. The van der Waals surface area contributed by atoms with Crippen LogP contribution in [0.2, 0.25) is 0 Å².